The summed E-state index contributed by atoms with van der Waals surface area (Å²) in [6.07, 6.45) is 6.25. The molecule has 0 spiro atoms. The molecule has 2 aliphatic carbocycles. The molecule has 10 heteroatoms. The van der Waals surface area contributed by atoms with Gasteiger partial charge in [0.15, 0.2) is 0 Å². The number of nitrogens with zero attached hydrogens (tertiary/aromatic N) is 6. The van der Waals surface area contributed by atoms with Crippen LogP contribution in [-0.2, 0) is 0 Å². The second-order valence-corrected chi connectivity index (χ2v) is 6.47. The zero-order valence-corrected chi connectivity index (χ0v) is 13.5. The molecule has 26 heavy (non-hydrogen) atoms. The third-order valence-electron chi connectivity index (χ3n) is 4.96. The fraction of sp³-hybridized carbons (Fsp3) is 0.250. The van der Waals surface area contributed by atoms with Gasteiger partial charge in [-0.05, 0) is 47.0 Å². The van der Waals surface area contributed by atoms with E-state index in [1.807, 2.05) is 36.4 Å². The molecule has 0 radical (unpaired) electrons. The zero-order chi connectivity index (χ0) is 17.6. The van der Waals surface area contributed by atoms with E-state index in [0.717, 1.165) is 23.2 Å². The van der Waals surface area contributed by atoms with Crippen molar-refractivity contribution >= 4 is 11.3 Å². The van der Waals surface area contributed by atoms with E-state index >= 15 is 0 Å². The van der Waals surface area contributed by atoms with E-state index in [9.17, 15) is 5.11 Å². The summed E-state index contributed by atoms with van der Waals surface area (Å²) in [6, 6.07) is 7.53. The third kappa shape index (κ3) is 2.39. The highest BCUT2D eigenvalue weighted by molar-refractivity contribution is 5.72. The van der Waals surface area contributed by atoms with Crippen LogP contribution in [0.5, 0.6) is 0 Å². The molecule has 3 unspecified atom stereocenters. The van der Waals surface area contributed by atoms with Crippen LogP contribution in [0, 0.1) is 11.3 Å². The first-order valence-electron chi connectivity index (χ1n) is 8.18. The summed E-state index contributed by atoms with van der Waals surface area (Å²) in [5.74, 6) is 1.36. The number of anilines is 1. The minimum Gasteiger partial charge on any atom is -0.373 e. The minimum absolute atomic E-state index is 0. The summed E-state index contributed by atoms with van der Waals surface area (Å²) in [6.45, 7) is 0. The monoisotopic (exact) mass is 355 g/mol. The maximum absolute atomic E-state index is 10.7. The van der Waals surface area contributed by atoms with Gasteiger partial charge < -0.3 is 10.4 Å². The Morgan fingerprint density at radius 1 is 1.12 bits per heavy atom. The molecule has 4 N–H and O–H groups in total. The lowest BCUT2D eigenvalue weighted by atomic mass is 9.93. The predicted molar refractivity (Wildman–Crippen MR) is 97.4 cm³/mol. The number of nitrogens with one attached hydrogen (secondary N) is 3. The number of benzene rings is 1. The Morgan fingerprint density at radius 3 is 2.50 bits per heavy atom. The van der Waals surface area contributed by atoms with Crippen LogP contribution in [0.25, 0.3) is 17.0 Å². The summed E-state index contributed by atoms with van der Waals surface area (Å²) in [5, 5.41) is 41.8. The van der Waals surface area contributed by atoms with Gasteiger partial charge in [0.1, 0.15) is 6.23 Å². The molecule has 3 atom stereocenters. The minimum atomic E-state index is -0.692. The highest BCUT2D eigenvalue weighted by Crippen LogP contribution is 2.60. The van der Waals surface area contributed by atoms with Crippen molar-refractivity contribution in [3.63, 3.8) is 0 Å². The van der Waals surface area contributed by atoms with Crippen molar-refractivity contribution in [1.82, 2.24) is 41.2 Å². The van der Waals surface area contributed by atoms with Crippen LogP contribution in [0.1, 0.15) is 16.5 Å². The van der Waals surface area contributed by atoms with Crippen LogP contribution >= 0.6 is 0 Å². The standard InChI is InChI=1S/C16H15N9O.3H2/c26-15(17-12-3-1-9(2-4-12)13-18-22-23-19-13)16-6-5-10(7-11(16)8-16)14-20-24-25-21-14;;;/h1-7,11,15,17,26H,8H2,(H,18,19,22,23)(H,20,21,24,25);3*1H. The van der Waals surface area contributed by atoms with Crippen molar-refractivity contribution in [1.29, 1.82) is 0 Å². The first-order chi connectivity index (χ1) is 12.7. The van der Waals surface area contributed by atoms with Crippen molar-refractivity contribution in [2.24, 2.45) is 11.3 Å². The Hall–Kier alpha value is -3.40. The van der Waals surface area contributed by atoms with E-state index in [1.165, 1.54) is 0 Å². The quantitative estimate of drug-likeness (QED) is 0.505. The second kappa shape index (κ2) is 5.56. The lowest BCUT2D eigenvalue weighted by Crippen LogP contribution is -2.31. The number of aromatic nitrogens is 8. The smallest absolute Gasteiger partial charge is 0.204 e. The van der Waals surface area contributed by atoms with Crippen molar-refractivity contribution in [2.75, 3.05) is 5.32 Å². The van der Waals surface area contributed by atoms with Gasteiger partial charge in [-0.3, -0.25) is 0 Å². The van der Waals surface area contributed by atoms with Gasteiger partial charge in [0, 0.05) is 26.5 Å². The van der Waals surface area contributed by atoms with Gasteiger partial charge in [-0.25, -0.2) is 0 Å². The average molecular weight is 355 g/mol. The van der Waals surface area contributed by atoms with Gasteiger partial charge in [-0.1, -0.05) is 18.2 Å². The molecule has 2 heterocycles. The number of H-pyrrole nitrogens is 2. The third-order valence-corrected chi connectivity index (χ3v) is 4.96. The maximum Gasteiger partial charge on any atom is 0.204 e. The van der Waals surface area contributed by atoms with Crippen LogP contribution in [-0.4, -0.2) is 52.6 Å². The predicted octanol–water partition coefficient (Wildman–Crippen LogP) is 1.51. The van der Waals surface area contributed by atoms with Crippen LogP contribution in [0.3, 0.4) is 0 Å². The molecule has 136 valence electrons. The lowest BCUT2D eigenvalue weighted by Gasteiger charge is -2.24. The molecule has 2 aromatic heterocycles. The summed E-state index contributed by atoms with van der Waals surface area (Å²) in [4.78, 5) is 0. The van der Waals surface area contributed by atoms with E-state index in [2.05, 4.69) is 52.6 Å². The van der Waals surface area contributed by atoms with E-state index in [1.54, 1.807) is 0 Å². The highest BCUT2D eigenvalue weighted by Gasteiger charge is 2.57. The molecule has 1 fully saturated rings. The number of tetrazole rings is 2. The molecule has 0 saturated heterocycles. The summed E-state index contributed by atoms with van der Waals surface area (Å²) in [7, 11) is 0. The molecule has 3 aromatic rings. The fourth-order valence-corrected chi connectivity index (χ4v) is 3.38. The van der Waals surface area contributed by atoms with Crippen LogP contribution in [0.4, 0.5) is 5.69 Å². The first-order valence-corrected chi connectivity index (χ1v) is 8.18. The number of aromatic amines is 2. The summed E-state index contributed by atoms with van der Waals surface area (Å²) >= 11 is 0. The van der Waals surface area contributed by atoms with Gasteiger partial charge in [-0.15, -0.1) is 20.4 Å². The van der Waals surface area contributed by atoms with Crippen molar-refractivity contribution in [3.05, 3.63) is 48.3 Å². The zero-order valence-electron chi connectivity index (χ0n) is 13.5. The Bertz CT molecular complexity index is 976. The first kappa shape index (κ1) is 14.9. The Morgan fingerprint density at radius 2 is 1.85 bits per heavy atom. The van der Waals surface area contributed by atoms with E-state index in [-0.39, 0.29) is 15.6 Å². The number of fused-ring (bicyclic) bond motifs is 1. The second-order valence-electron chi connectivity index (χ2n) is 6.47. The Labute approximate surface area is 151 Å². The van der Waals surface area contributed by atoms with Gasteiger partial charge in [-0.2, -0.15) is 10.4 Å². The van der Waals surface area contributed by atoms with Crippen LogP contribution < -0.4 is 5.32 Å². The normalized spacial score (nSPS) is 24.7. The van der Waals surface area contributed by atoms with Gasteiger partial charge in [0.2, 0.25) is 11.6 Å². The Kier molecular flexibility index (Phi) is 3.19. The summed E-state index contributed by atoms with van der Waals surface area (Å²) < 4.78 is 0. The van der Waals surface area contributed by atoms with E-state index < -0.39 is 6.23 Å². The topological polar surface area (TPSA) is 141 Å². The molecule has 1 aromatic carbocycles. The van der Waals surface area contributed by atoms with Gasteiger partial charge >= 0.3 is 0 Å². The van der Waals surface area contributed by atoms with Crippen molar-refractivity contribution in [3.8, 4) is 11.4 Å². The number of rotatable bonds is 5. The lowest BCUT2D eigenvalue weighted by molar-refractivity contribution is 0.139. The molecule has 5 rings (SSSR count). The molecular weight excluding hydrogens is 334 g/mol. The van der Waals surface area contributed by atoms with Crippen molar-refractivity contribution < 1.29 is 9.39 Å². The number of allylic oxidation sites excluding steroid dienone is 3. The van der Waals surface area contributed by atoms with Crippen molar-refractivity contribution in [2.45, 2.75) is 12.6 Å². The van der Waals surface area contributed by atoms with Crippen LogP contribution in [0.15, 0.2) is 42.5 Å². The van der Waals surface area contributed by atoms with Gasteiger partial charge in [0.25, 0.3) is 0 Å². The molecule has 1 saturated carbocycles. The molecule has 10 nitrogen and oxygen atoms in total. The molecule has 0 bridgehead atoms. The molecule has 0 amide bonds. The number of hydrogen-bond donors (Lipinski definition) is 4. The SMILES string of the molecule is OC(Nc1ccc(-c2nn[nH]n2)cc1)C12C=CC(c3nn[nH]n3)=CC1C2.[HH].[HH].[HH]. The maximum atomic E-state index is 10.7. The molecular formula is C16H21N9O. The fourth-order valence-electron chi connectivity index (χ4n) is 3.38. The van der Waals surface area contributed by atoms with E-state index in [4.69, 9.17) is 0 Å². The highest BCUT2D eigenvalue weighted by atomic mass is 16.3. The average Bonchev–Trinajstić information content (AvgIpc) is 3.06. The van der Waals surface area contributed by atoms with Crippen LogP contribution in [0.2, 0.25) is 0 Å². The molecule has 0 aliphatic heterocycles. The molecule has 2 aliphatic rings. The van der Waals surface area contributed by atoms with Gasteiger partial charge in [0.05, 0.1) is 0 Å². The summed E-state index contributed by atoms with van der Waals surface area (Å²) in [5.41, 5.74) is 2.31. The largest absolute Gasteiger partial charge is 0.373 e. The number of aliphatic hydroxyl groups excluding tert-OH is 1. The van der Waals surface area contributed by atoms with E-state index in [0.29, 0.717) is 11.6 Å². The number of aliphatic hydroxyl groups is 1. The Balaban J connectivity index is 0.000001000. The number of hydrogen-bond acceptors (Lipinski definition) is 8.